The van der Waals surface area contributed by atoms with Gasteiger partial charge >= 0.3 is 0 Å². The second kappa shape index (κ2) is 10.3. The first kappa shape index (κ1) is 17.5. The van der Waals surface area contributed by atoms with Crippen LogP contribution in [0.15, 0.2) is 24.3 Å². The fourth-order valence-electron chi connectivity index (χ4n) is 2.20. The van der Waals surface area contributed by atoms with Crippen molar-refractivity contribution >= 4 is 5.91 Å². The lowest BCUT2D eigenvalue weighted by molar-refractivity contribution is 0.0946. The van der Waals surface area contributed by atoms with Crippen LogP contribution in [0.4, 0.5) is 0 Å². The minimum atomic E-state index is 0.00647. The molecule has 1 N–H and O–H groups in total. The van der Waals surface area contributed by atoms with Crippen molar-refractivity contribution in [3.63, 3.8) is 0 Å². The van der Waals surface area contributed by atoms with E-state index in [1.807, 2.05) is 24.3 Å². The normalized spacial score (nSPS) is 12.0. The largest absolute Gasteiger partial charge is 0.494 e. The molecule has 0 aliphatic heterocycles. The minimum absolute atomic E-state index is 0.00647. The standard InChI is InChI=1S/C18H29NO2/c1-4-7-8-15(6-3)14-19-18(20)16-9-11-17(12-10-16)21-13-5-2/h9-12,15H,4-8,13-14H2,1-3H3,(H,19,20). The van der Waals surface area contributed by atoms with Crippen LogP contribution in [0.5, 0.6) is 5.75 Å². The summed E-state index contributed by atoms with van der Waals surface area (Å²) in [5, 5.41) is 3.04. The number of carbonyl (C=O) groups is 1. The molecule has 118 valence electrons. The summed E-state index contributed by atoms with van der Waals surface area (Å²) in [5.41, 5.74) is 0.698. The monoisotopic (exact) mass is 291 g/mol. The number of unbranched alkanes of at least 4 members (excludes halogenated alkanes) is 1. The van der Waals surface area contributed by atoms with Gasteiger partial charge in [-0.15, -0.1) is 0 Å². The number of hydrogen-bond donors (Lipinski definition) is 1. The van der Waals surface area contributed by atoms with Crippen LogP contribution < -0.4 is 10.1 Å². The van der Waals surface area contributed by atoms with E-state index in [1.54, 1.807) is 0 Å². The van der Waals surface area contributed by atoms with Crippen LogP contribution in [0.1, 0.15) is 63.2 Å². The Morgan fingerprint density at radius 1 is 1.14 bits per heavy atom. The molecule has 0 fully saturated rings. The van der Waals surface area contributed by atoms with E-state index in [4.69, 9.17) is 4.74 Å². The van der Waals surface area contributed by atoms with Gasteiger partial charge in [0.2, 0.25) is 0 Å². The highest BCUT2D eigenvalue weighted by Gasteiger charge is 2.10. The lowest BCUT2D eigenvalue weighted by Gasteiger charge is -2.15. The third kappa shape index (κ3) is 6.65. The average molecular weight is 291 g/mol. The molecule has 1 atom stereocenters. The highest BCUT2D eigenvalue weighted by atomic mass is 16.5. The van der Waals surface area contributed by atoms with Gasteiger partial charge in [-0.2, -0.15) is 0 Å². The van der Waals surface area contributed by atoms with Gasteiger partial charge in [-0.3, -0.25) is 4.79 Å². The zero-order chi connectivity index (χ0) is 15.5. The molecule has 1 rings (SSSR count). The van der Waals surface area contributed by atoms with Crippen molar-refractivity contribution in [3.05, 3.63) is 29.8 Å². The molecule has 0 aliphatic rings. The van der Waals surface area contributed by atoms with Gasteiger partial charge in [-0.1, -0.05) is 40.0 Å². The van der Waals surface area contributed by atoms with Crippen LogP contribution in [-0.4, -0.2) is 19.1 Å². The third-order valence-electron chi connectivity index (χ3n) is 3.68. The maximum absolute atomic E-state index is 12.1. The number of amides is 1. The second-order valence-corrected chi connectivity index (χ2v) is 5.50. The lowest BCUT2D eigenvalue weighted by Crippen LogP contribution is -2.29. The third-order valence-corrected chi connectivity index (χ3v) is 3.68. The van der Waals surface area contributed by atoms with Crippen molar-refractivity contribution in [2.75, 3.05) is 13.2 Å². The highest BCUT2D eigenvalue weighted by Crippen LogP contribution is 2.14. The van der Waals surface area contributed by atoms with Gasteiger partial charge in [0.05, 0.1) is 6.61 Å². The number of ether oxygens (including phenoxy) is 1. The number of rotatable bonds is 10. The smallest absolute Gasteiger partial charge is 0.251 e. The number of carbonyl (C=O) groups excluding carboxylic acids is 1. The topological polar surface area (TPSA) is 38.3 Å². The number of nitrogens with one attached hydrogen (secondary N) is 1. The van der Waals surface area contributed by atoms with Crippen molar-refractivity contribution in [2.24, 2.45) is 5.92 Å². The van der Waals surface area contributed by atoms with Crippen LogP contribution >= 0.6 is 0 Å². The van der Waals surface area contributed by atoms with Gasteiger partial charge in [0, 0.05) is 12.1 Å². The molecule has 0 radical (unpaired) electrons. The summed E-state index contributed by atoms with van der Waals surface area (Å²) in [6.45, 7) is 7.94. The highest BCUT2D eigenvalue weighted by molar-refractivity contribution is 5.94. The van der Waals surface area contributed by atoms with E-state index < -0.39 is 0 Å². The molecule has 1 amide bonds. The van der Waals surface area contributed by atoms with E-state index >= 15 is 0 Å². The van der Waals surface area contributed by atoms with Gasteiger partial charge in [-0.25, -0.2) is 0 Å². The molecule has 0 aromatic heterocycles. The lowest BCUT2D eigenvalue weighted by atomic mass is 9.99. The Morgan fingerprint density at radius 2 is 1.86 bits per heavy atom. The predicted molar refractivity (Wildman–Crippen MR) is 87.9 cm³/mol. The molecule has 0 saturated heterocycles. The summed E-state index contributed by atoms with van der Waals surface area (Å²) >= 11 is 0. The van der Waals surface area contributed by atoms with Crippen molar-refractivity contribution in [3.8, 4) is 5.75 Å². The van der Waals surface area contributed by atoms with Crippen LogP contribution in [0.3, 0.4) is 0 Å². The molecule has 3 nitrogen and oxygen atoms in total. The fourth-order valence-corrected chi connectivity index (χ4v) is 2.20. The zero-order valence-corrected chi connectivity index (χ0v) is 13.7. The summed E-state index contributed by atoms with van der Waals surface area (Å²) < 4.78 is 5.52. The molecule has 1 unspecified atom stereocenters. The van der Waals surface area contributed by atoms with E-state index in [9.17, 15) is 4.79 Å². The molecule has 0 heterocycles. The van der Waals surface area contributed by atoms with Crippen molar-refractivity contribution in [1.82, 2.24) is 5.32 Å². The first-order chi connectivity index (χ1) is 10.2. The van der Waals surface area contributed by atoms with Crippen LogP contribution in [0.25, 0.3) is 0 Å². The molecule has 0 aliphatic carbocycles. The maximum atomic E-state index is 12.1. The summed E-state index contributed by atoms with van der Waals surface area (Å²) in [6.07, 6.45) is 5.74. The van der Waals surface area contributed by atoms with Gasteiger partial charge in [0.1, 0.15) is 5.75 Å². The summed E-state index contributed by atoms with van der Waals surface area (Å²) in [6, 6.07) is 7.37. The van der Waals surface area contributed by atoms with Crippen molar-refractivity contribution < 1.29 is 9.53 Å². The molecular weight excluding hydrogens is 262 g/mol. The summed E-state index contributed by atoms with van der Waals surface area (Å²) in [5.74, 6) is 1.41. The van der Waals surface area contributed by atoms with Crippen LogP contribution in [0.2, 0.25) is 0 Å². The van der Waals surface area contributed by atoms with Gasteiger partial charge in [0.25, 0.3) is 5.91 Å². The molecular formula is C18H29NO2. The van der Waals surface area contributed by atoms with Gasteiger partial charge in [0.15, 0.2) is 0 Å². The summed E-state index contributed by atoms with van der Waals surface area (Å²) in [4.78, 5) is 12.1. The van der Waals surface area contributed by atoms with E-state index in [1.165, 1.54) is 19.3 Å². The molecule has 0 spiro atoms. The van der Waals surface area contributed by atoms with E-state index in [0.717, 1.165) is 25.1 Å². The Hall–Kier alpha value is -1.51. The minimum Gasteiger partial charge on any atom is -0.494 e. The van der Waals surface area contributed by atoms with Crippen LogP contribution in [0, 0.1) is 5.92 Å². The first-order valence-electron chi connectivity index (χ1n) is 8.22. The Kier molecular flexibility index (Phi) is 8.56. The molecule has 1 aromatic rings. The Balaban J connectivity index is 2.43. The van der Waals surface area contributed by atoms with Crippen molar-refractivity contribution in [2.45, 2.75) is 52.9 Å². The van der Waals surface area contributed by atoms with E-state index in [2.05, 4.69) is 26.1 Å². The molecule has 0 saturated carbocycles. The average Bonchev–Trinajstić information content (AvgIpc) is 2.53. The second-order valence-electron chi connectivity index (χ2n) is 5.50. The van der Waals surface area contributed by atoms with E-state index in [-0.39, 0.29) is 5.91 Å². The van der Waals surface area contributed by atoms with Gasteiger partial charge < -0.3 is 10.1 Å². The maximum Gasteiger partial charge on any atom is 0.251 e. The summed E-state index contributed by atoms with van der Waals surface area (Å²) in [7, 11) is 0. The SMILES string of the molecule is CCCCC(CC)CNC(=O)c1ccc(OCCC)cc1. The molecule has 3 heteroatoms. The van der Waals surface area contributed by atoms with Crippen LogP contribution in [-0.2, 0) is 0 Å². The van der Waals surface area contributed by atoms with Gasteiger partial charge in [-0.05, 0) is 43.0 Å². The number of hydrogen-bond acceptors (Lipinski definition) is 2. The molecule has 0 bridgehead atoms. The zero-order valence-electron chi connectivity index (χ0n) is 13.7. The fraction of sp³-hybridized carbons (Fsp3) is 0.611. The Bertz CT molecular complexity index is 400. The predicted octanol–water partition coefficient (Wildman–Crippen LogP) is 4.42. The molecule has 21 heavy (non-hydrogen) atoms. The quantitative estimate of drug-likeness (QED) is 0.693. The Morgan fingerprint density at radius 3 is 2.43 bits per heavy atom. The first-order valence-corrected chi connectivity index (χ1v) is 8.22. The Labute approximate surface area is 129 Å². The number of benzene rings is 1. The van der Waals surface area contributed by atoms with Crippen molar-refractivity contribution in [1.29, 1.82) is 0 Å². The van der Waals surface area contributed by atoms with E-state index in [0.29, 0.717) is 18.1 Å². The molecule has 1 aromatic carbocycles.